The highest BCUT2D eigenvalue weighted by Crippen LogP contribution is 2.29. The molecule has 1 N–H and O–H groups in total. The minimum atomic E-state index is 0.266. The van der Waals surface area contributed by atoms with Gasteiger partial charge in [-0.3, -0.25) is 0 Å². The Morgan fingerprint density at radius 2 is 1.76 bits per heavy atom. The Hall–Kier alpha value is -2.79. The molecule has 154 valence electrons. The first-order valence-electron chi connectivity index (χ1n) is 10.1. The van der Waals surface area contributed by atoms with Gasteiger partial charge in [-0.25, -0.2) is 0 Å². The fourth-order valence-corrected chi connectivity index (χ4v) is 3.23. The molecule has 3 rings (SSSR count). The van der Waals surface area contributed by atoms with E-state index >= 15 is 0 Å². The van der Waals surface area contributed by atoms with Crippen molar-refractivity contribution in [1.29, 1.82) is 0 Å². The molecule has 1 unspecified atom stereocenters. The maximum absolute atomic E-state index is 5.96. The van der Waals surface area contributed by atoms with Gasteiger partial charge in [-0.1, -0.05) is 42.4 Å². The van der Waals surface area contributed by atoms with E-state index in [0.29, 0.717) is 12.4 Å². The number of ether oxygens (including phenoxy) is 2. The number of nitrogens with zero attached hydrogens (tertiary/aromatic N) is 1. The van der Waals surface area contributed by atoms with Gasteiger partial charge in [0.05, 0.1) is 18.4 Å². The van der Waals surface area contributed by atoms with E-state index in [9.17, 15) is 0 Å². The molecule has 29 heavy (non-hydrogen) atoms. The molecule has 1 heterocycles. The first-order chi connectivity index (χ1) is 14.0. The Kier molecular flexibility index (Phi) is 6.94. The van der Waals surface area contributed by atoms with Crippen molar-refractivity contribution in [2.75, 3.05) is 7.11 Å². The maximum atomic E-state index is 5.96. The van der Waals surface area contributed by atoms with E-state index in [2.05, 4.69) is 54.7 Å². The van der Waals surface area contributed by atoms with Crippen LogP contribution in [0.1, 0.15) is 53.6 Å². The molecule has 0 aliphatic heterocycles. The lowest BCUT2D eigenvalue weighted by Crippen LogP contribution is -2.18. The average molecular weight is 395 g/mol. The number of aromatic nitrogens is 1. The van der Waals surface area contributed by atoms with E-state index in [1.807, 2.05) is 26.0 Å². The fraction of sp³-hybridized carbons (Fsp3) is 0.375. The van der Waals surface area contributed by atoms with Crippen LogP contribution in [0.2, 0.25) is 0 Å². The van der Waals surface area contributed by atoms with Crippen molar-refractivity contribution < 1.29 is 14.0 Å². The molecular weight excluding hydrogens is 364 g/mol. The van der Waals surface area contributed by atoms with Gasteiger partial charge >= 0.3 is 0 Å². The molecule has 5 nitrogen and oxygen atoms in total. The SMILES string of the molecule is CCc1ccc(C(C)NCc2ccc(OCc3c(C)noc3C)c(OC)c2)cc1. The normalized spacial score (nSPS) is 12.0. The summed E-state index contributed by atoms with van der Waals surface area (Å²) in [5.41, 5.74) is 5.61. The minimum absolute atomic E-state index is 0.266. The summed E-state index contributed by atoms with van der Waals surface area (Å²) < 4.78 is 16.7. The minimum Gasteiger partial charge on any atom is -0.493 e. The summed E-state index contributed by atoms with van der Waals surface area (Å²) in [5, 5.41) is 7.54. The molecule has 1 atom stereocenters. The summed E-state index contributed by atoms with van der Waals surface area (Å²) in [6.07, 6.45) is 1.06. The first-order valence-corrected chi connectivity index (χ1v) is 10.1. The number of hydrogen-bond donors (Lipinski definition) is 1. The second-order valence-corrected chi connectivity index (χ2v) is 7.27. The molecule has 2 aromatic carbocycles. The number of rotatable bonds is 9. The second-order valence-electron chi connectivity index (χ2n) is 7.27. The molecular formula is C24H30N2O3. The van der Waals surface area contributed by atoms with Crippen LogP contribution in [0.3, 0.4) is 0 Å². The zero-order chi connectivity index (χ0) is 20.8. The lowest BCUT2D eigenvalue weighted by Gasteiger charge is -2.16. The summed E-state index contributed by atoms with van der Waals surface area (Å²) in [6.45, 7) is 9.31. The maximum Gasteiger partial charge on any atom is 0.161 e. The van der Waals surface area contributed by atoms with Crippen LogP contribution in [-0.2, 0) is 19.6 Å². The van der Waals surface area contributed by atoms with Gasteiger partial charge in [-0.15, -0.1) is 0 Å². The molecule has 5 heteroatoms. The van der Waals surface area contributed by atoms with Gasteiger partial charge in [0.15, 0.2) is 11.5 Å². The van der Waals surface area contributed by atoms with Crippen LogP contribution < -0.4 is 14.8 Å². The largest absolute Gasteiger partial charge is 0.493 e. The Morgan fingerprint density at radius 3 is 2.38 bits per heavy atom. The van der Waals surface area contributed by atoms with Crippen LogP contribution in [0.25, 0.3) is 0 Å². The molecule has 0 fully saturated rings. The van der Waals surface area contributed by atoms with E-state index in [0.717, 1.165) is 41.3 Å². The third kappa shape index (κ3) is 5.18. The topological polar surface area (TPSA) is 56.5 Å². The van der Waals surface area contributed by atoms with E-state index < -0.39 is 0 Å². The summed E-state index contributed by atoms with van der Waals surface area (Å²) in [4.78, 5) is 0. The Balaban J connectivity index is 1.61. The van der Waals surface area contributed by atoms with Crippen molar-refractivity contribution in [1.82, 2.24) is 10.5 Å². The number of benzene rings is 2. The molecule has 0 spiro atoms. The highest BCUT2D eigenvalue weighted by molar-refractivity contribution is 5.43. The number of nitrogens with one attached hydrogen (secondary N) is 1. The van der Waals surface area contributed by atoms with Crippen molar-refractivity contribution in [2.45, 2.75) is 53.3 Å². The highest BCUT2D eigenvalue weighted by Gasteiger charge is 2.12. The standard InChI is InChI=1S/C24H30N2O3/c1-6-19-7-10-21(11-8-19)16(2)25-14-20-9-12-23(24(13-20)27-5)28-15-22-17(3)26-29-18(22)4/h7-13,16,25H,6,14-15H2,1-5H3. The van der Waals surface area contributed by atoms with Gasteiger partial charge < -0.3 is 19.3 Å². The van der Waals surface area contributed by atoms with Gasteiger partial charge in [-0.05, 0) is 56.0 Å². The van der Waals surface area contributed by atoms with Crippen molar-refractivity contribution in [3.8, 4) is 11.5 Å². The first kappa shape index (κ1) is 20.9. The lowest BCUT2D eigenvalue weighted by atomic mass is 10.0. The second kappa shape index (κ2) is 9.61. The van der Waals surface area contributed by atoms with Crippen LogP contribution in [0.4, 0.5) is 0 Å². The van der Waals surface area contributed by atoms with Gasteiger partial charge in [0, 0.05) is 12.6 Å². The Morgan fingerprint density at radius 1 is 1.03 bits per heavy atom. The Bertz CT molecular complexity index is 912. The zero-order valence-electron chi connectivity index (χ0n) is 17.9. The third-order valence-electron chi connectivity index (χ3n) is 5.28. The van der Waals surface area contributed by atoms with Crippen LogP contribution in [0.15, 0.2) is 47.0 Å². The lowest BCUT2D eigenvalue weighted by molar-refractivity contribution is 0.281. The fourth-order valence-electron chi connectivity index (χ4n) is 3.23. The molecule has 1 aromatic heterocycles. The molecule has 0 radical (unpaired) electrons. The molecule has 0 aliphatic carbocycles. The van der Waals surface area contributed by atoms with Gasteiger partial charge in [0.25, 0.3) is 0 Å². The van der Waals surface area contributed by atoms with E-state index in [4.69, 9.17) is 14.0 Å². The van der Waals surface area contributed by atoms with Gasteiger partial charge in [-0.2, -0.15) is 0 Å². The average Bonchev–Trinajstić information content (AvgIpc) is 3.08. The predicted molar refractivity (Wildman–Crippen MR) is 114 cm³/mol. The van der Waals surface area contributed by atoms with Gasteiger partial charge in [0.2, 0.25) is 0 Å². The molecule has 0 aliphatic rings. The summed E-state index contributed by atoms with van der Waals surface area (Å²) >= 11 is 0. The quantitative estimate of drug-likeness (QED) is 0.534. The number of methoxy groups -OCH3 is 1. The van der Waals surface area contributed by atoms with Crippen LogP contribution >= 0.6 is 0 Å². The van der Waals surface area contributed by atoms with Crippen LogP contribution in [0, 0.1) is 13.8 Å². The van der Waals surface area contributed by atoms with Crippen molar-refractivity contribution in [2.24, 2.45) is 0 Å². The van der Waals surface area contributed by atoms with Gasteiger partial charge in [0.1, 0.15) is 12.4 Å². The molecule has 0 saturated heterocycles. The number of hydrogen-bond acceptors (Lipinski definition) is 5. The number of aryl methyl sites for hydroxylation is 3. The molecule has 0 amide bonds. The van der Waals surface area contributed by atoms with E-state index in [-0.39, 0.29) is 6.04 Å². The van der Waals surface area contributed by atoms with Crippen LogP contribution in [-0.4, -0.2) is 12.3 Å². The Labute approximate surface area is 173 Å². The van der Waals surface area contributed by atoms with Crippen molar-refractivity contribution in [3.05, 3.63) is 76.2 Å². The monoisotopic (exact) mass is 394 g/mol. The zero-order valence-corrected chi connectivity index (χ0v) is 17.9. The molecule has 0 saturated carbocycles. The summed E-state index contributed by atoms with van der Waals surface area (Å²) in [5.74, 6) is 2.21. The smallest absolute Gasteiger partial charge is 0.161 e. The third-order valence-corrected chi connectivity index (χ3v) is 5.28. The van der Waals surface area contributed by atoms with Crippen LogP contribution in [0.5, 0.6) is 11.5 Å². The van der Waals surface area contributed by atoms with E-state index in [1.54, 1.807) is 7.11 Å². The van der Waals surface area contributed by atoms with Crippen molar-refractivity contribution >= 4 is 0 Å². The molecule has 3 aromatic rings. The summed E-state index contributed by atoms with van der Waals surface area (Å²) in [6, 6.07) is 15.1. The van der Waals surface area contributed by atoms with Crippen molar-refractivity contribution in [3.63, 3.8) is 0 Å². The van der Waals surface area contributed by atoms with E-state index in [1.165, 1.54) is 11.1 Å². The predicted octanol–water partition coefficient (Wildman–Crippen LogP) is 5.29. The highest BCUT2D eigenvalue weighted by atomic mass is 16.5. The summed E-state index contributed by atoms with van der Waals surface area (Å²) in [7, 11) is 1.66. The molecule has 0 bridgehead atoms.